The van der Waals surface area contributed by atoms with Gasteiger partial charge in [0.25, 0.3) is 0 Å². The molecule has 0 fully saturated rings. The van der Waals surface area contributed by atoms with Gasteiger partial charge in [-0.1, -0.05) is 0 Å². The van der Waals surface area contributed by atoms with Crippen molar-refractivity contribution in [2.75, 3.05) is 0 Å². The van der Waals surface area contributed by atoms with Crippen LogP contribution in [0.3, 0.4) is 0 Å². The second-order valence-corrected chi connectivity index (χ2v) is 49.9. The van der Waals surface area contributed by atoms with Gasteiger partial charge in [0.2, 0.25) is 0 Å². The summed E-state index contributed by atoms with van der Waals surface area (Å²) in [7, 11) is -4.49. The monoisotopic (exact) mass is 636 g/mol. The predicted octanol–water partition coefficient (Wildman–Crippen LogP) is 5.23. The molecule has 0 amide bonds. The van der Waals surface area contributed by atoms with Crippen LogP contribution < -0.4 is 10.6 Å². The molecule has 2 aromatic carbocycles. The van der Waals surface area contributed by atoms with Gasteiger partial charge in [-0.2, -0.15) is 0 Å². The molecule has 0 radical (unpaired) electrons. The number of rotatable bonds is 4. The third-order valence-corrected chi connectivity index (χ3v) is 66.3. The molecule has 0 bridgehead atoms. The average molecular weight is 638 g/mol. The SMILES string of the molecule is N#C[P](C#N)(C#N)(c1ccccc1)[Pd]([Br])([Br])[P](C#N)(C#N)(C#N)c1ccccc1. The average Bonchev–Trinajstić information content (AvgIpc) is 2.79. The number of nitrogens with zero attached hydrogens (tertiary/aromatic N) is 6. The van der Waals surface area contributed by atoms with Crippen molar-refractivity contribution in [1.82, 2.24) is 0 Å². The molecule has 0 atom stereocenters. The first-order chi connectivity index (χ1) is 13.7. The Hall–Kier alpha value is -2.14. The second-order valence-electron chi connectivity index (χ2n) is 5.50. The Morgan fingerprint density at radius 1 is 0.517 bits per heavy atom. The van der Waals surface area contributed by atoms with E-state index in [2.05, 4.69) is 26.9 Å². The molecule has 11 heteroatoms. The normalized spacial score (nSPS) is 14.3. The molecule has 0 aliphatic rings. The Bertz CT molecular complexity index is 1070. The van der Waals surface area contributed by atoms with Crippen molar-refractivity contribution >= 4 is 47.1 Å². The molecule has 0 spiro atoms. The molecular formula is C18H10Br2N6P2Pd. The van der Waals surface area contributed by atoms with Gasteiger partial charge >= 0.3 is 185 Å². The van der Waals surface area contributed by atoms with Crippen LogP contribution in [0.25, 0.3) is 0 Å². The fraction of sp³-hybridized carbons (Fsp3) is 0. The molecule has 0 aliphatic carbocycles. The first-order valence-electron chi connectivity index (χ1n) is 7.47. The van der Waals surface area contributed by atoms with E-state index in [0.29, 0.717) is 0 Å². The minimum atomic E-state index is -5.05. The van der Waals surface area contributed by atoms with Crippen LogP contribution in [-0.2, 0) is 10.5 Å². The van der Waals surface area contributed by atoms with Gasteiger partial charge in [-0.25, -0.2) is 0 Å². The van der Waals surface area contributed by atoms with Crippen LogP contribution in [0.5, 0.6) is 0 Å². The van der Waals surface area contributed by atoms with E-state index in [9.17, 15) is 31.6 Å². The van der Waals surface area contributed by atoms with E-state index in [1.165, 1.54) is 24.3 Å². The minimum absolute atomic E-state index is 0.113. The zero-order valence-electron chi connectivity index (χ0n) is 14.4. The summed E-state index contributed by atoms with van der Waals surface area (Å²) < 4.78 is 0. The standard InChI is InChI=1S/2C9H5N3P.2BrH.Pd/c2*10-6-13(7-11,8-12)9-4-2-1-3-5-9;;;/h2*1-5H;2*1H;/q2*+1;;;/p-2. The molecule has 2 aromatic rings. The van der Waals surface area contributed by atoms with Gasteiger partial charge in [-0.05, 0) is 0 Å². The van der Waals surface area contributed by atoms with E-state index in [0.717, 1.165) is 0 Å². The van der Waals surface area contributed by atoms with Crippen molar-refractivity contribution in [2.24, 2.45) is 0 Å². The molecule has 0 saturated carbocycles. The van der Waals surface area contributed by atoms with Crippen LogP contribution in [0.4, 0.5) is 0 Å². The van der Waals surface area contributed by atoms with Crippen LogP contribution in [0, 0.1) is 66.4 Å². The topological polar surface area (TPSA) is 143 Å². The Morgan fingerprint density at radius 3 is 0.966 bits per heavy atom. The van der Waals surface area contributed by atoms with Crippen molar-refractivity contribution in [3.8, 4) is 34.9 Å². The zero-order chi connectivity index (χ0) is 21.9. The van der Waals surface area contributed by atoms with Crippen LogP contribution in [0.2, 0.25) is 0 Å². The molecule has 29 heavy (non-hydrogen) atoms. The quantitative estimate of drug-likeness (QED) is 0.331. The molecule has 6 nitrogen and oxygen atoms in total. The molecular weight excluding hydrogens is 628 g/mol. The summed E-state index contributed by atoms with van der Waals surface area (Å²) >= 11 is 6.85. The number of benzene rings is 2. The summed E-state index contributed by atoms with van der Waals surface area (Å²) in [4.78, 5) is -10.1. The number of hydrogen-bond donors (Lipinski definition) is 0. The van der Waals surface area contributed by atoms with E-state index >= 15 is 0 Å². The van der Waals surface area contributed by atoms with E-state index in [-0.39, 0.29) is 10.6 Å². The van der Waals surface area contributed by atoms with Gasteiger partial charge in [0.15, 0.2) is 0 Å². The summed E-state index contributed by atoms with van der Waals surface area (Å²) in [6, 6.07) is 15.4. The van der Waals surface area contributed by atoms with Crippen LogP contribution in [0.15, 0.2) is 60.7 Å². The Balaban J connectivity index is 3.28. The fourth-order valence-corrected chi connectivity index (χ4v) is 52.1. The Kier molecular flexibility index (Phi) is 6.07. The van der Waals surface area contributed by atoms with Gasteiger partial charge in [0.1, 0.15) is 0 Å². The third-order valence-electron chi connectivity index (χ3n) is 4.22. The number of halogens is 2. The Labute approximate surface area is 183 Å². The van der Waals surface area contributed by atoms with E-state index in [1.54, 1.807) is 36.4 Å². The van der Waals surface area contributed by atoms with E-state index < -0.39 is 20.1 Å². The third kappa shape index (κ3) is 2.43. The van der Waals surface area contributed by atoms with Gasteiger partial charge in [-0.15, -0.1) is 0 Å². The summed E-state index contributed by atoms with van der Waals surface area (Å²) in [5.41, 5.74) is 0. The molecule has 0 saturated heterocycles. The molecule has 0 N–H and O–H groups in total. The van der Waals surface area contributed by atoms with Crippen molar-refractivity contribution in [3.05, 3.63) is 60.7 Å². The first kappa shape index (κ1) is 23.1. The maximum absolute atomic E-state index is 10.4. The van der Waals surface area contributed by atoms with Crippen molar-refractivity contribution in [1.29, 1.82) is 31.6 Å². The van der Waals surface area contributed by atoms with Crippen LogP contribution in [-0.4, -0.2) is 0 Å². The fourth-order valence-electron chi connectivity index (χ4n) is 2.56. The van der Waals surface area contributed by atoms with Gasteiger partial charge in [0.05, 0.1) is 0 Å². The summed E-state index contributed by atoms with van der Waals surface area (Å²) in [5, 5.41) is 62.4. The van der Waals surface area contributed by atoms with Crippen LogP contribution in [0.1, 0.15) is 0 Å². The maximum atomic E-state index is 10.4. The van der Waals surface area contributed by atoms with Crippen molar-refractivity contribution in [2.45, 2.75) is 0 Å². The van der Waals surface area contributed by atoms with Crippen LogP contribution >= 0.6 is 36.4 Å². The second kappa shape index (κ2) is 7.60. The Morgan fingerprint density at radius 2 is 0.759 bits per heavy atom. The van der Waals surface area contributed by atoms with Crippen molar-refractivity contribution in [3.63, 3.8) is 0 Å². The summed E-state index contributed by atoms with van der Waals surface area (Å²) in [6.07, 6.45) is 0. The van der Waals surface area contributed by atoms with Gasteiger partial charge < -0.3 is 0 Å². The van der Waals surface area contributed by atoms with E-state index in [1.807, 2.05) is 34.9 Å². The summed E-state index contributed by atoms with van der Waals surface area (Å²) in [6.45, 7) is 0. The molecule has 2 rings (SSSR count). The first-order valence-corrected chi connectivity index (χ1v) is 22.9. The predicted molar refractivity (Wildman–Crippen MR) is 118 cm³/mol. The molecule has 0 aromatic heterocycles. The van der Waals surface area contributed by atoms with Gasteiger partial charge in [0, 0.05) is 0 Å². The number of nitriles is 6. The molecule has 0 unspecified atom stereocenters. The molecule has 146 valence electrons. The van der Waals surface area contributed by atoms with Crippen molar-refractivity contribution < 1.29 is 10.5 Å². The molecule has 0 aliphatic heterocycles. The van der Waals surface area contributed by atoms with E-state index in [4.69, 9.17) is 0 Å². The molecule has 0 heterocycles. The number of hydrogen-bond acceptors (Lipinski definition) is 6. The summed E-state index contributed by atoms with van der Waals surface area (Å²) in [5.74, 6) is 11.7. The van der Waals surface area contributed by atoms with Gasteiger partial charge in [-0.3, -0.25) is 0 Å². The zero-order valence-corrected chi connectivity index (χ0v) is 20.9.